The molecule has 1 aromatic carbocycles. The topological polar surface area (TPSA) is 23.5 Å². The number of likely N-dealkylation sites (N-methyl/N-ethyl adjacent to an activating group) is 1. The van der Waals surface area contributed by atoms with Crippen LogP contribution in [0.2, 0.25) is 5.02 Å². The molecule has 0 saturated heterocycles. The third-order valence-electron chi connectivity index (χ3n) is 3.07. The van der Waals surface area contributed by atoms with E-state index in [1.807, 2.05) is 31.3 Å². The first-order valence-corrected chi connectivity index (χ1v) is 6.64. The lowest BCUT2D eigenvalue weighted by Crippen LogP contribution is -2.30. The van der Waals surface area contributed by atoms with E-state index in [2.05, 4.69) is 16.7 Å². The second kappa shape index (κ2) is 6.24. The second-order valence-electron chi connectivity index (χ2n) is 4.91. The third-order valence-corrected chi connectivity index (χ3v) is 3.31. The van der Waals surface area contributed by atoms with Crippen LogP contribution in [-0.4, -0.2) is 36.2 Å². The van der Waals surface area contributed by atoms with Gasteiger partial charge in [-0.3, -0.25) is 4.90 Å². The van der Waals surface area contributed by atoms with Gasteiger partial charge in [0.2, 0.25) is 0 Å². The maximum Gasteiger partial charge on any atom is 0.0695 e. The lowest BCUT2D eigenvalue weighted by Gasteiger charge is -2.17. The van der Waals surface area contributed by atoms with E-state index in [0.29, 0.717) is 24.0 Å². The van der Waals surface area contributed by atoms with Crippen LogP contribution in [0.4, 0.5) is 0 Å². The molecule has 2 nitrogen and oxygen atoms in total. The summed E-state index contributed by atoms with van der Waals surface area (Å²) in [6.45, 7) is 1.37. The van der Waals surface area contributed by atoms with Gasteiger partial charge in [-0.05, 0) is 44.0 Å². The molecule has 2 rings (SSSR count). The van der Waals surface area contributed by atoms with E-state index in [9.17, 15) is 5.11 Å². The number of hydrogen-bond donors (Lipinski definition) is 1. The lowest BCUT2D eigenvalue weighted by atomic mass is 10.2. The molecule has 3 heteroatoms. The van der Waals surface area contributed by atoms with Crippen molar-refractivity contribution in [1.29, 1.82) is 0 Å². The van der Waals surface area contributed by atoms with Crippen LogP contribution in [0.1, 0.15) is 18.4 Å². The van der Waals surface area contributed by atoms with Crippen molar-refractivity contribution in [2.75, 3.05) is 20.1 Å². The van der Waals surface area contributed by atoms with Gasteiger partial charge in [0.1, 0.15) is 0 Å². The minimum absolute atomic E-state index is 0.192. The van der Waals surface area contributed by atoms with Crippen molar-refractivity contribution in [2.45, 2.75) is 18.9 Å². The smallest absolute Gasteiger partial charge is 0.0695 e. The predicted molar refractivity (Wildman–Crippen MR) is 74.6 cm³/mol. The molecule has 0 heterocycles. The summed E-state index contributed by atoms with van der Waals surface area (Å²) in [6.07, 6.45) is 2.15. The molecule has 0 bridgehead atoms. The van der Waals surface area contributed by atoms with E-state index >= 15 is 0 Å². The summed E-state index contributed by atoms with van der Waals surface area (Å²) in [5.74, 6) is 6.70. The zero-order chi connectivity index (χ0) is 13.0. The number of aliphatic hydroxyl groups is 1. The minimum atomic E-state index is -0.192. The van der Waals surface area contributed by atoms with Gasteiger partial charge in [-0.25, -0.2) is 0 Å². The number of hydrogen-bond acceptors (Lipinski definition) is 2. The van der Waals surface area contributed by atoms with Crippen molar-refractivity contribution in [3.05, 3.63) is 34.9 Å². The molecule has 1 N–H and O–H groups in total. The Kier molecular flexibility index (Phi) is 4.66. The molecular formula is C15H18ClNO. The van der Waals surface area contributed by atoms with Crippen molar-refractivity contribution < 1.29 is 5.11 Å². The summed E-state index contributed by atoms with van der Waals surface area (Å²) >= 11 is 5.89. The molecule has 0 aliphatic heterocycles. The highest BCUT2D eigenvalue weighted by atomic mass is 35.5. The van der Waals surface area contributed by atoms with E-state index in [4.69, 9.17) is 11.6 Å². The Balaban J connectivity index is 1.80. The van der Waals surface area contributed by atoms with Crippen LogP contribution in [0.25, 0.3) is 0 Å². The quantitative estimate of drug-likeness (QED) is 0.844. The first-order chi connectivity index (χ1) is 8.65. The number of halogens is 1. The molecule has 1 aliphatic rings. The summed E-state index contributed by atoms with van der Waals surface area (Å²) in [5.41, 5.74) is 0.929. The highest BCUT2D eigenvalue weighted by Gasteiger charge is 2.29. The average molecular weight is 264 g/mol. The van der Waals surface area contributed by atoms with Gasteiger partial charge in [-0.2, -0.15) is 0 Å². The first kappa shape index (κ1) is 13.4. The fraction of sp³-hybridized carbons (Fsp3) is 0.467. The largest absolute Gasteiger partial charge is 0.392 e. The maximum atomic E-state index is 9.80. The standard InChI is InChI=1S/C15H18ClNO/c1-17(11-15(18)13-7-8-13)9-3-5-12-4-2-6-14(16)10-12/h2,4,6,10,13,15,18H,7-9,11H2,1H3. The molecule has 18 heavy (non-hydrogen) atoms. The van der Waals surface area contributed by atoms with Crippen molar-refractivity contribution in [2.24, 2.45) is 5.92 Å². The molecular weight excluding hydrogens is 246 g/mol. The molecule has 1 aliphatic carbocycles. The predicted octanol–water partition coefficient (Wildman–Crippen LogP) is 2.39. The fourth-order valence-electron chi connectivity index (χ4n) is 1.86. The summed E-state index contributed by atoms with van der Waals surface area (Å²) in [5, 5.41) is 10.5. The number of nitrogens with zero attached hydrogens (tertiary/aromatic N) is 1. The molecule has 0 spiro atoms. The summed E-state index contributed by atoms with van der Waals surface area (Å²) in [6, 6.07) is 7.53. The van der Waals surface area contributed by atoms with E-state index in [1.165, 1.54) is 12.8 Å². The minimum Gasteiger partial charge on any atom is -0.392 e. The number of benzene rings is 1. The first-order valence-electron chi connectivity index (χ1n) is 6.26. The molecule has 1 fully saturated rings. The van der Waals surface area contributed by atoms with E-state index in [0.717, 1.165) is 5.56 Å². The normalized spacial score (nSPS) is 16.2. The highest BCUT2D eigenvalue weighted by Crippen LogP contribution is 2.32. The Hall–Kier alpha value is -1.01. The van der Waals surface area contributed by atoms with Gasteiger partial charge in [-0.1, -0.05) is 29.5 Å². The third kappa shape index (κ3) is 4.34. The molecule has 0 aromatic heterocycles. The SMILES string of the molecule is CN(CC#Cc1cccc(Cl)c1)CC(O)C1CC1. The Morgan fingerprint density at radius 3 is 2.94 bits per heavy atom. The van der Waals surface area contributed by atoms with Gasteiger partial charge in [0.05, 0.1) is 12.6 Å². The number of aliphatic hydroxyl groups excluding tert-OH is 1. The van der Waals surface area contributed by atoms with E-state index in [-0.39, 0.29) is 6.10 Å². The molecule has 0 amide bonds. The van der Waals surface area contributed by atoms with Gasteiger partial charge in [0.25, 0.3) is 0 Å². The van der Waals surface area contributed by atoms with Crippen LogP contribution in [0.5, 0.6) is 0 Å². The maximum absolute atomic E-state index is 9.80. The molecule has 1 saturated carbocycles. The van der Waals surface area contributed by atoms with Gasteiger partial charge >= 0.3 is 0 Å². The van der Waals surface area contributed by atoms with Crippen LogP contribution >= 0.6 is 11.6 Å². The molecule has 1 atom stereocenters. The van der Waals surface area contributed by atoms with Crippen molar-refractivity contribution in [3.63, 3.8) is 0 Å². The molecule has 1 unspecified atom stereocenters. The molecule has 96 valence electrons. The van der Waals surface area contributed by atoms with Crippen LogP contribution in [0, 0.1) is 17.8 Å². The van der Waals surface area contributed by atoms with Gasteiger partial charge in [0.15, 0.2) is 0 Å². The summed E-state index contributed by atoms with van der Waals surface area (Å²) < 4.78 is 0. The zero-order valence-electron chi connectivity index (χ0n) is 10.6. The van der Waals surface area contributed by atoms with Crippen molar-refractivity contribution >= 4 is 11.6 Å². The van der Waals surface area contributed by atoms with Crippen molar-refractivity contribution in [3.8, 4) is 11.8 Å². The molecule has 0 radical (unpaired) electrons. The molecule has 1 aromatic rings. The van der Waals surface area contributed by atoms with Gasteiger partial charge < -0.3 is 5.11 Å². The van der Waals surface area contributed by atoms with Crippen LogP contribution in [-0.2, 0) is 0 Å². The Bertz CT molecular complexity index is 459. The monoisotopic (exact) mass is 263 g/mol. The van der Waals surface area contributed by atoms with Crippen LogP contribution < -0.4 is 0 Å². The Labute approximate surface area is 114 Å². The average Bonchev–Trinajstić information content (AvgIpc) is 3.12. The summed E-state index contributed by atoms with van der Waals surface area (Å²) in [4.78, 5) is 2.06. The lowest BCUT2D eigenvalue weighted by molar-refractivity contribution is 0.112. The fourth-order valence-corrected chi connectivity index (χ4v) is 2.05. The summed E-state index contributed by atoms with van der Waals surface area (Å²) in [7, 11) is 1.98. The number of rotatable bonds is 4. The van der Waals surface area contributed by atoms with Crippen LogP contribution in [0.3, 0.4) is 0 Å². The highest BCUT2D eigenvalue weighted by molar-refractivity contribution is 6.30. The van der Waals surface area contributed by atoms with Gasteiger partial charge in [0, 0.05) is 17.1 Å². The zero-order valence-corrected chi connectivity index (χ0v) is 11.3. The van der Waals surface area contributed by atoms with E-state index < -0.39 is 0 Å². The van der Waals surface area contributed by atoms with E-state index in [1.54, 1.807) is 0 Å². The van der Waals surface area contributed by atoms with Gasteiger partial charge in [-0.15, -0.1) is 0 Å². The Morgan fingerprint density at radius 2 is 2.28 bits per heavy atom. The van der Waals surface area contributed by atoms with Crippen molar-refractivity contribution in [1.82, 2.24) is 4.90 Å². The van der Waals surface area contributed by atoms with Crippen LogP contribution in [0.15, 0.2) is 24.3 Å². The second-order valence-corrected chi connectivity index (χ2v) is 5.35. The Morgan fingerprint density at radius 1 is 1.50 bits per heavy atom.